The van der Waals surface area contributed by atoms with Crippen molar-refractivity contribution in [3.05, 3.63) is 18.2 Å². The molecule has 0 unspecified atom stereocenters. The summed E-state index contributed by atoms with van der Waals surface area (Å²) in [4.78, 5) is 9.98. The second kappa shape index (κ2) is 9.92. The highest BCUT2D eigenvalue weighted by atomic mass is 19.1. The van der Waals surface area contributed by atoms with Crippen molar-refractivity contribution >= 4 is 5.95 Å². The Morgan fingerprint density at radius 3 is 1.94 bits per heavy atom. The SMILES string of the molecule is CO.CO.Fc1cnc(N2CCCCC2)nc1. The summed E-state index contributed by atoms with van der Waals surface area (Å²) in [5.74, 6) is 0.279. The molecule has 2 heterocycles. The third kappa shape index (κ3) is 5.55. The third-order valence-corrected chi connectivity index (χ3v) is 2.25. The Labute approximate surface area is 101 Å². The second-order valence-electron chi connectivity index (χ2n) is 3.25. The summed E-state index contributed by atoms with van der Waals surface area (Å²) >= 11 is 0. The van der Waals surface area contributed by atoms with Crippen LogP contribution in [-0.2, 0) is 0 Å². The summed E-state index contributed by atoms with van der Waals surface area (Å²) in [5, 5.41) is 14.0. The van der Waals surface area contributed by atoms with Crippen LogP contribution < -0.4 is 4.90 Å². The van der Waals surface area contributed by atoms with Gasteiger partial charge in [0.1, 0.15) is 0 Å². The lowest BCUT2D eigenvalue weighted by molar-refractivity contribution is 0.399. The van der Waals surface area contributed by atoms with E-state index in [2.05, 4.69) is 14.9 Å². The lowest BCUT2D eigenvalue weighted by atomic mass is 10.1. The summed E-state index contributed by atoms with van der Waals surface area (Å²) in [7, 11) is 2.00. The van der Waals surface area contributed by atoms with Crippen LogP contribution in [0.2, 0.25) is 0 Å². The molecule has 0 spiro atoms. The summed E-state index contributed by atoms with van der Waals surface area (Å²) in [6.45, 7) is 1.98. The van der Waals surface area contributed by atoms with Crippen molar-refractivity contribution in [2.75, 3.05) is 32.2 Å². The predicted octanol–water partition coefficient (Wildman–Crippen LogP) is 0.823. The number of hydrogen-bond acceptors (Lipinski definition) is 5. The molecule has 1 aliphatic heterocycles. The Hall–Kier alpha value is -1.27. The second-order valence-corrected chi connectivity index (χ2v) is 3.25. The lowest BCUT2D eigenvalue weighted by Crippen LogP contribution is -2.30. The van der Waals surface area contributed by atoms with Crippen LogP contribution in [0, 0.1) is 5.82 Å². The summed E-state index contributed by atoms with van der Waals surface area (Å²) < 4.78 is 12.5. The first-order chi connectivity index (χ1) is 8.36. The molecule has 0 atom stereocenters. The number of aliphatic hydroxyl groups excluding tert-OH is 2. The average Bonchev–Trinajstić information content (AvgIpc) is 2.45. The standard InChI is InChI=1S/C9H12FN3.2CH4O/c10-8-6-11-9(12-7-8)13-4-2-1-3-5-13;2*1-2/h6-7H,1-5H2;2*2H,1H3. The van der Waals surface area contributed by atoms with E-state index in [1.54, 1.807) is 0 Å². The van der Waals surface area contributed by atoms with E-state index in [1.807, 2.05) is 0 Å². The highest BCUT2D eigenvalue weighted by Gasteiger charge is 2.12. The van der Waals surface area contributed by atoms with Gasteiger partial charge in [-0.3, -0.25) is 0 Å². The molecular weight excluding hydrogens is 225 g/mol. The molecule has 0 bridgehead atoms. The molecule has 1 aromatic rings. The highest BCUT2D eigenvalue weighted by molar-refractivity contribution is 5.28. The van der Waals surface area contributed by atoms with Crippen LogP contribution in [0.4, 0.5) is 10.3 Å². The van der Waals surface area contributed by atoms with Gasteiger partial charge in [-0.1, -0.05) is 0 Å². The number of piperidine rings is 1. The summed E-state index contributed by atoms with van der Waals surface area (Å²) in [6.07, 6.45) is 6.08. The zero-order chi connectivity index (χ0) is 13.1. The zero-order valence-electron chi connectivity index (χ0n) is 10.3. The Bertz CT molecular complexity index is 277. The molecule has 2 N–H and O–H groups in total. The molecule has 0 amide bonds. The van der Waals surface area contributed by atoms with Gasteiger partial charge in [-0.15, -0.1) is 0 Å². The first-order valence-electron chi connectivity index (χ1n) is 5.48. The molecule has 2 rings (SSSR count). The van der Waals surface area contributed by atoms with Gasteiger partial charge in [0, 0.05) is 27.3 Å². The molecule has 98 valence electrons. The summed E-state index contributed by atoms with van der Waals surface area (Å²) in [6, 6.07) is 0. The molecule has 1 aliphatic rings. The third-order valence-electron chi connectivity index (χ3n) is 2.25. The van der Waals surface area contributed by atoms with Crippen molar-refractivity contribution in [1.82, 2.24) is 9.97 Å². The Morgan fingerprint density at radius 2 is 1.47 bits per heavy atom. The van der Waals surface area contributed by atoms with Crippen LogP contribution in [-0.4, -0.2) is 47.5 Å². The van der Waals surface area contributed by atoms with E-state index >= 15 is 0 Å². The van der Waals surface area contributed by atoms with Gasteiger partial charge >= 0.3 is 0 Å². The van der Waals surface area contributed by atoms with Gasteiger partial charge in [-0.05, 0) is 19.3 Å². The molecule has 1 saturated heterocycles. The number of anilines is 1. The van der Waals surface area contributed by atoms with Crippen LogP contribution in [0.3, 0.4) is 0 Å². The van der Waals surface area contributed by atoms with Crippen molar-refractivity contribution in [2.24, 2.45) is 0 Å². The molecule has 0 radical (unpaired) electrons. The minimum atomic E-state index is -0.374. The number of nitrogens with zero attached hydrogens (tertiary/aromatic N) is 3. The van der Waals surface area contributed by atoms with Crippen molar-refractivity contribution in [3.63, 3.8) is 0 Å². The van der Waals surface area contributed by atoms with Crippen molar-refractivity contribution < 1.29 is 14.6 Å². The molecule has 1 aromatic heterocycles. The van der Waals surface area contributed by atoms with Gasteiger partial charge in [0.2, 0.25) is 5.95 Å². The first kappa shape index (κ1) is 15.7. The minimum Gasteiger partial charge on any atom is -0.400 e. The minimum absolute atomic E-state index is 0.374. The summed E-state index contributed by atoms with van der Waals surface area (Å²) in [5.41, 5.74) is 0. The van der Waals surface area contributed by atoms with Crippen LogP contribution in [0.1, 0.15) is 19.3 Å². The number of hydrogen-bond donors (Lipinski definition) is 2. The van der Waals surface area contributed by atoms with E-state index in [-0.39, 0.29) is 5.82 Å². The zero-order valence-corrected chi connectivity index (χ0v) is 10.3. The van der Waals surface area contributed by atoms with Gasteiger partial charge in [0.15, 0.2) is 5.82 Å². The quantitative estimate of drug-likeness (QED) is 0.766. The van der Waals surface area contributed by atoms with E-state index in [1.165, 1.54) is 31.7 Å². The van der Waals surface area contributed by atoms with Gasteiger partial charge in [-0.25, -0.2) is 14.4 Å². The van der Waals surface area contributed by atoms with E-state index in [9.17, 15) is 4.39 Å². The van der Waals surface area contributed by atoms with Crippen molar-refractivity contribution in [2.45, 2.75) is 19.3 Å². The van der Waals surface area contributed by atoms with Crippen molar-refractivity contribution in [3.8, 4) is 0 Å². The largest absolute Gasteiger partial charge is 0.400 e. The number of rotatable bonds is 1. The molecule has 17 heavy (non-hydrogen) atoms. The van der Waals surface area contributed by atoms with Crippen LogP contribution in [0.15, 0.2) is 12.4 Å². The average molecular weight is 245 g/mol. The van der Waals surface area contributed by atoms with Crippen LogP contribution in [0.25, 0.3) is 0 Å². The Morgan fingerprint density at radius 1 is 1.00 bits per heavy atom. The molecule has 6 heteroatoms. The van der Waals surface area contributed by atoms with Crippen molar-refractivity contribution in [1.29, 1.82) is 0 Å². The molecular formula is C11H20FN3O2. The molecule has 5 nitrogen and oxygen atoms in total. The van der Waals surface area contributed by atoms with Gasteiger partial charge in [0.25, 0.3) is 0 Å². The fraction of sp³-hybridized carbons (Fsp3) is 0.636. The van der Waals surface area contributed by atoms with Crippen LogP contribution in [0.5, 0.6) is 0 Å². The van der Waals surface area contributed by atoms with E-state index in [4.69, 9.17) is 10.2 Å². The molecule has 1 fully saturated rings. The van der Waals surface area contributed by atoms with Crippen LogP contribution >= 0.6 is 0 Å². The normalized spacial score (nSPS) is 14.1. The maximum absolute atomic E-state index is 12.5. The van der Waals surface area contributed by atoms with Gasteiger partial charge < -0.3 is 15.1 Å². The number of aromatic nitrogens is 2. The first-order valence-corrected chi connectivity index (χ1v) is 5.48. The fourth-order valence-electron chi connectivity index (χ4n) is 1.56. The fourth-order valence-corrected chi connectivity index (χ4v) is 1.56. The monoisotopic (exact) mass is 245 g/mol. The lowest BCUT2D eigenvalue weighted by Gasteiger charge is -2.26. The molecule has 0 aliphatic carbocycles. The molecule has 0 saturated carbocycles. The van der Waals surface area contributed by atoms with E-state index in [0.29, 0.717) is 5.95 Å². The topological polar surface area (TPSA) is 69.5 Å². The predicted molar refractivity (Wildman–Crippen MR) is 64.3 cm³/mol. The Kier molecular flexibility index (Phi) is 9.18. The van der Waals surface area contributed by atoms with E-state index in [0.717, 1.165) is 27.3 Å². The van der Waals surface area contributed by atoms with Gasteiger partial charge in [-0.2, -0.15) is 0 Å². The number of aliphatic hydroxyl groups is 2. The maximum Gasteiger partial charge on any atom is 0.225 e. The molecule has 0 aromatic carbocycles. The Balaban J connectivity index is 0.000000581. The van der Waals surface area contributed by atoms with E-state index < -0.39 is 0 Å². The van der Waals surface area contributed by atoms with Gasteiger partial charge in [0.05, 0.1) is 12.4 Å². The smallest absolute Gasteiger partial charge is 0.225 e. The highest BCUT2D eigenvalue weighted by Crippen LogP contribution is 2.14. The maximum atomic E-state index is 12.5. The number of halogens is 1.